The average molecular weight is 339 g/mol. The molecular weight excluding hydrogens is 314 g/mol. The maximum atomic E-state index is 12.3. The van der Waals surface area contributed by atoms with Crippen molar-refractivity contribution >= 4 is 11.6 Å². The number of amides is 1. The number of hydrogen-bond donors (Lipinski definition) is 2. The Labute approximate surface area is 148 Å². The van der Waals surface area contributed by atoms with Crippen LogP contribution < -0.4 is 20.7 Å². The van der Waals surface area contributed by atoms with E-state index in [1.807, 2.05) is 48.5 Å². The molecule has 2 atom stereocenters. The number of rotatable bonds is 6. The highest BCUT2D eigenvalue weighted by Gasteiger charge is 2.25. The van der Waals surface area contributed by atoms with Gasteiger partial charge in [-0.2, -0.15) is 0 Å². The van der Waals surface area contributed by atoms with E-state index in [1.54, 1.807) is 7.11 Å². The van der Waals surface area contributed by atoms with E-state index in [4.69, 9.17) is 10.5 Å². The lowest BCUT2D eigenvalue weighted by molar-refractivity contribution is -0.122. The number of carbonyl (C=O) groups is 1. The predicted molar refractivity (Wildman–Crippen MR) is 99.7 cm³/mol. The number of benzene rings is 2. The molecule has 0 spiro atoms. The molecule has 0 radical (unpaired) electrons. The minimum Gasteiger partial charge on any atom is -0.495 e. The number of nitrogens with two attached hydrogens (primary N) is 1. The van der Waals surface area contributed by atoms with Gasteiger partial charge >= 0.3 is 0 Å². The van der Waals surface area contributed by atoms with Crippen LogP contribution in [0.1, 0.15) is 18.0 Å². The van der Waals surface area contributed by atoms with E-state index in [0.29, 0.717) is 12.5 Å². The summed E-state index contributed by atoms with van der Waals surface area (Å²) < 4.78 is 5.44. The number of nitrogens with zero attached hydrogens (tertiary/aromatic N) is 1. The molecule has 1 aliphatic rings. The fourth-order valence-corrected chi connectivity index (χ4v) is 3.28. The highest BCUT2D eigenvalue weighted by atomic mass is 16.5. The molecule has 2 aromatic rings. The van der Waals surface area contributed by atoms with Crippen molar-refractivity contribution in [3.05, 3.63) is 60.2 Å². The molecule has 0 aromatic heterocycles. The van der Waals surface area contributed by atoms with Crippen molar-refractivity contribution in [1.29, 1.82) is 0 Å². The van der Waals surface area contributed by atoms with Crippen LogP contribution >= 0.6 is 0 Å². The molecule has 1 fully saturated rings. The van der Waals surface area contributed by atoms with Gasteiger partial charge in [0, 0.05) is 19.6 Å². The third-order valence-electron chi connectivity index (χ3n) is 4.72. The molecule has 2 aromatic carbocycles. The molecule has 5 nitrogen and oxygen atoms in total. The average Bonchev–Trinajstić information content (AvgIpc) is 3.15. The van der Waals surface area contributed by atoms with E-state index in [2.05, 4.69) is 16.3 Å². The highest BCUT2D eigenvalue weighted by Crippen LogP contribution is 2.31. The van der Waals surface area contributed by atoms with Crippen molar-refractivity contribution in [2.45, 2.75) is 12.5 Å². The van der Waals surface area contributed by atoms with Gasteiger partial charge in [-0.15, -0.1) is 0 Å². The van der Waals surface area contributed by atoms with Crippen molar-refractivity contribution in [2.24, 2.45) is 11.7 Å². The van der Waals surface area contributed by atoms with E-state index < -0.39 is 6.04 Å². The van der Waals surface area contributed by atoms with Crippen LogP contribution in [0.15, 0.2) is 54.6 Å². The summed E-state index contributed by atoms with van der Waals surface area (Å²) in [6.07, 6.45) is 1.04. The van der Waals surface area contributed by atoms with Crippen molar-refractivity contribution in [2.75, 3.05) is 31.6 Å². The maximum absolute atomic E-state index is 12.3. The molecule has 3 N–H and O–H groups in total. The summed E-state index contributed by atoms with van der Waals surface area (Å²) in [6, 6.07) is 16.9. The van der Waals surface area contributed by atoms with Crippen molar-refractivity contribution in [3.63, 3.8) is 0 Å². The van der Waals surface area contributed by atoms with Gasteiger partial charge in [0.05, 0.1) is 12.8 Å². The van der Waals surface area contributed by atoms with Gasteiger partial charge in [0.1, 0.15) is 11.8 Å². The SMILES string of the molecule is COc1ccccc1N1CCC(CNC(=O)C(N)c2ccccc2)C1. The molecule has 0 bridgehead atoms. The largest absolute Gasteiger partial charge is 0.495 e. The van der Waals surface area contributed by atoms with E-state index >= 15 is 0 Å². The number of ether oxygens (including phenoxy) is 1. The zero-order valence-corrected chi connectivity index (χ0v) is 14.5. The zero-order chi connectivity index (χ0) is 17.6. The maximum Gasteiger partial charge on any atom is 0.241 e. The van der Waals surface area contributed by atoms with Gasteiger partial charge < -0.3 is 20.7 Å². The van der Waals surface area contributed by atoms with E-state index in [0.717, 1.165) is 36.5 Å². The Morgan fingerprint density at radius 1 is 1.24 bits per heavy atom. The molecule has 5 heteroatoms. The van der Waals surface area contributed by atoms with Crippen LogP contribution in [0.25, 0.3) is 0 Å². The number of nitrogens with one attached hydrogen (secondary N) is 1. The van der Waals surface area contributed by atoms with Crippen LogP contribution in [0.5, 0.6) is 5.75 Å². The summed E-state index contributed by atoms with van der Waals surface area (Å²) >= 11 is 0. The lowest BCUT2D eigenvalue weighted by atomic mass is 10.1. The molecule has 0 saturated carbocycles. The Hall–Kier alpha value is -2.53. The number of carbonyl (C=O) groups excluding carboxylic acids is 1. The second kappa shape index (κ2) is 8.03. The first-order chi connectivity index (χ1) is 12.2. The summed E-state index contributed by atoms with van der Waals surface area (Å²) in [4.78, 5) is 14.6. The first-order valence-corrected chi connectivity index (χ1v) is 8.65. The molecule has 25 heavy (non-hydrogen) atoms. The van der Waals surface area contributed by atoms with Crippen molar-refractivity contribution in [3.8, 4) is 5.75 Å². The van der Waals surface area contributed by atoms with Crippen LogP contribution in [0.4, 0.5) is 5.69 Å². The fourth-order valence-electron chi connectivity index (χ4n) is 3.28. The van der Waals surface area contributed by atoms with Gasteiger partial charge in [0.2, 0.25) is 5.91 Å². The minimum atomic E-state index is -0.618. The van der Waals surface area contributed by atoms with Crippen LogP contribution in [-0.2, 0) is 4.79 Å². The van der Waals surface area contributed by atoms with Gasteiger partial charge in [-0.3, -0.25) is 4.79 Å². The molecular formula is C20H25N3O2. The number of hydrogen-bond acceptors (Lipinski definition) is 4. The smallest absolute Gasteiger partial charge is 0.241 e. The molecule has 0 aliphatic carbocycles. The Bertz CT molecular complexity index is 705. The fraction of sp³-hybridized carbons (Fsp3) is 0.350. The minimum absolute atomic E-state index is 0.123. The van der Waals surface area contributed by atoms with Gasteiger partial charge in [-0.05, 0) is 30.0 Å². The zero-order valence-electron chi connectivity index (χ0n) is 14.5. The number of para-hydroxylation sites is 2. The van der Waals surface area contributed by atoms with Crippen LogP contribution in [0.2, 0.25) is 0 Å². The van der Waals surface area contributed by atoms with Crippen LogP contribution in [-0.4, -0.2) is 32.7 Å². The molecule has 3 rings (SSSR count). The standard InChI is InChI=1S/C20H25N3O2/c1-25-18-10-6-5-9-17(18)23-12-11-15(14-23)13-22-20(24)19(21)16-7-3-2-4-8-16/h2-10,15,19H,11-14,21H2,1H3,(H,22,24). The summed E-state index contributed by atoms with van der Waals surface area (Å²) in [5, 5.41) is 3.00. The molecule has 2 unspecified atom stereocenters. The second-order valence-corrected chi connectivity index (χ2v) is 6.41. The predicted octanol–water partition coefficient (Wildman–Crippen LogP) is 2.34. The van der Waals surface area contributed by atoms with Crippen LogP contribution in [0, 0.1) is 5.92 Å². The number of anilines is 1. The molecule has 1 heterocycles. The van der Waals surface area contributed by atoms with Crippen molar-refractivity contribution < 1.29 is 9.53 Å². The summed E-state index contributed by atoms with van der Waals surface area (Å²) in [5.41, 5.74) is 7.99. The normalized spacial score (nSPS) is 18.0. The van der Waals surface area contributed by atoms with Gasteiger partial charge in [0.25, 0.3) is 0 Å². The van der Waals surface area contributed by atoms with E-state index in [-0.39, 0.29) is 5.91 Å². The van der Waals surface area contributed by atoms with Gasteiger partial charge in [-0.1, -0.05) is 42.5 Å². The Kier molecular flexibility index (Phi) is 5.56. The molecule has 1 aliphatic heterocycles. The Morgan fingerprint density at radius 2 is 1.96 bits per heavy atom. The summed E-state index contributed by atoms with van der Waals surface area (Å²) in [6.45, 7) is 2.51. The van der Waals surface area contributed by atoms with Crippen LogP contribution in [0.3, 0.4) is 0 Å². The Morgan fingerprint density at radius 3 is 2.72 bits per heavy atom. The molecule has 1 saturated heterocycles. The molecule has 132 valence electrons. The molecule has 1 amide bonds. The summed E-state index contributed by atoms with van der Waals surface area (Å²) in [7, 11) is 1.69. The first-order valence-electron chi connectivity index (χ1n) is 8.65. The highest BCUT2D eigenvalue weighted by molar-refractivity contribution is 5.82. The number of methoxy groups -OCH3 is 1. The monoisotopic (exact) mass is 339 g/mol. The van der Waals surface area contributed by atoms with Gasteiger partial charge in [-0.25, -0.2) is 0 Å². The third-order valence-corrected chi connectivity index (χ3v) is 4.72. The topological polar surface area (TPSA) is 67.6 Å². The van der Waals surface area contributed by atoms with Gasteiger partial charge in [0.15, 0.2) is 0 Å². The quantitative estimate of drug-likeness (QED) is 0.848. The van der Waals surface area contributed by atoms with Crippen molar-refractivity contribution in [1.82, 2.24) is 5.32 Å². The van der Waals surface area contributed by atoms with E-state index in [1.165, 1.54) is 0 Å². The lowest BCUT2D eigenvalue weighted by Crippen LogP contribution is -2.37. The summed E-state index contributed by atoms with van der Waals surface area (Å²) in [5.74, 6) is 1.18. The first kappa shape index (κ1) is 17.3. The second-order valence-electron chi connectivity index (χ2n) is 6.41. The Balaban J connectivity index is 1.53. The lowest BCUT2D eigenvalue weighted by Gasteiger charge is -2.21. The van der Waals surface area contributed by atoms with E-state index in [9.17, 15) is 4.79 Å². The third kappa shape index (κ3) is 4.12.